The molecule has 3 aromatic rings. The Hall–Kier alpha value is -2.02. The van der Waals surface area contributed by atoms with Gasteiger partial charge in [-0.25, -0.2) is 13.9 Å². The van der Waals surface area contributed by atoms with Crippen molar-refractivity contribution in [1.82, 2.24) is 19.6 Å². The predicted molar refractivity (Wildman–Crippen MR) is 68.3 cm³/mol. The molecule has 90 valence electrons. The highest BCUT2D eigenvalue weighted by Crippen LogP contribution is 2.22. The highest BCUT2D eigenvalue weighted by atomic mass is 79.9. The second kappa shape index (κ2) is 4.02. The molecule has 3 rings (SSSR count). The van der Waals surface area contributed by atoms with E-state index in [0.717, 1.165) is 0 Å². The number of nitrogens with two attached hydrogens (primary N) is 1. The molecule has 0 spiro atoms. The summed E-state index contributed by atoms with van der Waals surface area (Å²) in [5, 5.41) is 4.15. The largest absolute Gasteiger partial charge is 0.399 e. The average Bonchev–Trinajstić information content (AvgIpc) is 2.74. The molecule has 5 nitrogen and oxygen atoms in total. The van der Waals surface area contributed by atoms with Gasteiger partial charge in [-0.15, -0.1) is 5.10 Å². The third kappa shape index (κ3) is 1.82. The number of benzene rings is 1. The van der Waals surface area contributed by atoms with E-state index in [-0.39, 0.29) is 11.4 Å². The van der Waals surface area contributed by atoms with Gasteiger partial charge in [0.2, 0.25) is 0 Å². The molecule has 0 saturated heterocycles. The molecule has 2 heterocycles. The van der Waals surface area contributed by atoms with Gasteiger partial charge in [-0.2, -0.15) is 4.98 Å². The van der Waals surface area contributed by atoms with Crippen molar-refractivity contribution >= 4 is 27.4 Å². The number of halogens is 2. The molecule has 18 heavy (non-hydrogen) atoms. The van der Waals surface area contributed by atoms with Crippen LogP contribution in [0.5, 0.6) is 0 Å². The lowest BCUT2D eigenvalue weighted by molar-refractivity contribution is 0.630. The molecule has 0 saturated carbocycles. The van der Waals surface area contributed by atoms with Gasteiger partial charge in [-0.05, 0) is 40.2 Å². The van der Waals surface area contributed by atoms with Gasteiger partial charge < -0.3 is 5.73 Å². The standard InChI is InChI=1S/C11H7BrFN5/c12-9-3-4-18-11(15-9)16-10(17-18)7-5-6(14)1-2-8(7)13/h1-5H,14H2. The van der Waals surface area contributed by atoms with Crippen molar-refractivity contribution in [3.8, 4) is 11.4 Å². The number of anilines is 1. The van der Waals surface area contributed by atoms with Crippen LogP contribution in [0, 0.1) is 5.82 Å². The van der Waals surface area contributed by atoms with Gasteiger partial charge in [0, 0.05) is 11.9 Å². The van der Waals surface area contributed by atoms with Crippen LogP contribution < -0.4 is 5.73 Å². The Labute approximate surface area is 110 Å². The zero-order valence-electron chi connectivity index (χ0n) is 9.01. The molecule has 0 aliphatic rings. The molecule has 0 amide bonds. The van der Waals surface area contributed by atoms with Crippen LogP contribution in [0.2, 0.25) is 0 Å². The van der Waals surface area contributed by atoms with E-state index in [0.29, 0.717) is 16.1 Å². The number of hydrogen-bond donors (Lipinski definition) is 1. The number of nitrogens with zero attached hydrogens (tertiary/aromatic N) is 4. The van der Waals surface area contributed by atoms with Crippen LogP contribution in [-0.4, -0.2) is 19.6 Å². The van der Waals surface area contributed by atoms with Gasteiger partial charge in [0.1, 0.15) is 10.4 Å². The van der Waals surface area contributed by atoms with E-state index in [1.807, 2.05) is 0 Å². The van der Waals surface area contributed by atoms with Crippen LogP contribution in [0.15, 0.2) is 35.1 Å². The lowest BCUT2D eigenvalue weighted by Crippen LogP contribution is -1.91. The van der Waals surface area contributed by atoms with E-state index >= 15 is 0 Å². The van der Waals surface area contributed by atoms with Crippen LogP contribution in [0.3, 0.4) is 0 Å². The maximum absolute atomic E-state index is 13.7. The molecular weight excluding hydrogens is 301 g/mol. The molecule has 7 heteroatoms. The summed E-state index contributed by atoms with van der Waals surface area (Å²) >= 11 is 3.24. The first-order chi connectivity index (χ1) is 8.63. The molecule has 0 atom stereocenters. The second-order valence-electron chi connectivity index (χ2n) is 3.67. The van der Waals surface area contributed by atoms with Gasteiger partial charge in [-0.1, -0.05) is 0 Å². The minimum Gasteiger partial charge on any atom is -0.399 e. The van der Waals surface area contributed by atoms with Crippen molar-refractivity contribution in [3.05, 3.63) is 40.9 Å². The summed E-state index contributed by atoms with van der Waals surface area (Å²) in [5.74, 6) is 0.228. The Morgan fingerprint density at radius 2 is 2.06 bits per heavy atom. The summed E-state index contributed by atoms with van der Waals surface area (Å²) < 4.78 is 15.8. The lowest BCUT2D eigenvalue weighted by Gasteiger charge is -1.98. The van der Waals surface area contributed by atoms with E-state index in [1.54, 1.807) is 12.3 Å². The van der Waals surface area contributed by atoms with Crippen molar-refractivity contribution in [1.29, 1.82) is 0 Å². The normalized spacial score (nSPS) is 11.0. The van der Waals surface area contributed by atoms with Crippen LogP contribution in [-0.2, 0) is 0 Å². The molecule has 2 N–H and O–H groups in total. The predicted octanol–water partition coefficient (Wildman–Crippen LogP) is 2.28. The Balaban J connectivity index is 2.22. The second-order valence-corrected chi connectivity index (χ2v) is 4.48. The smallest absolute Gasteiger partial charge is 0.253 e. The fourth-order valence-corrected chi connectivity index (χ4v) is 1.86. The summed E-state index contributed by atoms with van der Waals surface area (Å²) in [6, 6.07) is 6.00. The first-order valence-corrected chi connectivity index (χ1v) is 5.87. The lowest BCUT2D eigenvalue weighted by atomic mass is 10.2. The van der Waals surface area contributed by atoms with E-state index in [9.17, 15) is 4.39 Å². The maximum atomic E-state index is 13.7. The van der Waals surface area contributed by atoms with Crippen molar-refractivity contribution in [3.63, 3.8) is 0 Å². The quantitative estimate of drug-likeness (QED) is 0.553. The van der Waals surface area contributed by atoms with Crippen LogP contribution in [0.1, 0.15) is 0 Å². The van der Waals surface area contributed by atoms with E-state index in [4.69, 9.17) is 5.73 Å². The van der Waals surface area contributed by atoms with Gasteiger partial charge in [0.25, 0.3) is 5.78 Å². The summed E-state index contributed by atoms with van der Waals surface area (Å²) in [5.41, 5.74) is 6.35. The topological polar surface area (TPSA) is 69.1 Å². The third-order valence-corrected chi connectivity index (χ3v) is 2.85. The number of aromatic nitrogens is 4. The molecule has 0 unspecified atom stereocenters. The highest BCUT2D eigenvalue weighted by Gasteiger charge is 2.12. The molecule has 0 fully saturated rings. The molecule has 0 bridgehead atoms. The molecule has 0 aliphatic carbocycles. The summed E-state index contributed by atoms with van der Waals surface area (Å²) in [4.78, 5) is 8.29. The first kappa shape index (κ1) is 11.1. The number of rotatable bonds is 1. The molecule has 1 aromatic carbocycles. The van der Waals surface area contributed by atoms with E-state index < -0.39 is 5.82 Å². The molecule has 0 radical (unpaired) electrons. The Morgan fingerprint density at radius 1 is 1.22 bits per heavy atom. The van der Waals surface area contributed by atoms with E-state index in [1.165, 1.54) is 22.7 Å². The van der Waals surface area contributed by atoms with Gasteiger partial charge in [0.15, 0.2) is 5.82 Å². The average molecular weight is 308 g/mol. The van der Waals surface area contributed by atoms with Crippen LogP contribution in [0.25, 0.3) is 17.2 Å². The minimum atomic E-state index is -0.417. The van der Waals surface area contributed by atoms with Gasteiger partial charge in [-0.3, -0.25) is 0 Å². The molecule has 2 aromatic heterocycles. The van der Waals surface area contributed by atoms with Gasteiger partial charge >= 0.3 is 0 Å². The third-order valence-electron chi connectivity index (χ3n) is 2.40. The highest BCUT2D eigenvalue weighted by molar-refractivity contribution is 9.10. The van der Waals surface area contributed by atoms with Crippen LogP contribution in [0.4, 0.5) is 10.1 Å². The van der Waals surface area contributed by atoms with Crippen molar-refractivity contribution in [2.45, 2.75) is 0 Å². The zero-order chi connectivity index (χ0) is 12.7. The molecular formula is C11H7BrFN5. The van der Waals surface area contributed by atoms with Crippen molar-refractivity contribution in [2.24, 2.45) is 0 Å². The summed E-state index contributed by atoms with van der Waals surface area (Å²) in [6.07, 6.45) is 1.69. The number of fused-ring (bicyclic) bond motifs is 1. The fourth-order valence-electron chi connectivity index (χ4n) is 1.58. The monoisotopic (exact) mass is 307 g/mol. The Bertz CT molecular complexity index is 739. The zero-order valence-corrected chi connectivity index (χ0v) is 10.6. The van der Waals surface area contributed by atoms with Crippen LogP contribution >= 0.6 is 15.9 Å². The van der Waals surface area contributed by atoms with Gasteiger partial charge in [0.05, 0.1) is 5.56 Å². The first-order valence-electron chi connectivity index (χ1n) is 5.08. The summed E-state index contributed by atoms with van der Waals surface area (Å²) in [7, 11) is 0. The minimum absolute atomic E-state index is 0.255. The molecule has 0 aliphatic heterocycles. The number of nitrogen functional groups attached to an aromatic ring is 1. The Kier molecular flexibility index (Phi) is 2.48. The number of hydrogen-bond acceptors (Lipinski definition) is 4. The SMILES string of the molecule is Nc1ccc(F)c(-c2nc3nc(Br)ccn3n2)c1. The van der Waals surface area contributed by atoms with Crippen molar-refractivity contribution < 1.29 is 4.39 Å². The van der Waals surface area contributed by atoms with E-state index in [2.05, 4.69) is 31.0 Å². The summed E-state index contributed by atoms with van der Waals surface area (Å²) in [6.45, 7) is 0. The van der Waals surface area contributed by atoms with Crippen molar-refractivity contribution in [2.75, 3.05) is 5.73 Å². The fraction of sp³-hybridized carbons (Fsp3) is 0. The maximum Gasteiger partial charge on any atom is 0.253 e. The Morgan fingerprint density at radius 3 is 2.89 bits per heavy atom.